The van der Waals surface area contributed by atoms with Gasteiger partial charge in [0.1, 0.15) is 0 Å². The van der Waals surface area contributed by atoms with Crippen LogP contribution < -0.4 is 0 Å². The fraction of sp³-hybridized carbons (Fsp3) is 0.500. The minimum atomic E-state index is -5.03. The average Bonchev–Trinajstić information content (AvgIpc) is 3.15. The normalized spacial score (nSPS) is 20.2. The topological polar surface area (TPSA) is 63.3 Å². The van der Waals surface area contributed by atoms with E-state index < -0.39 is 29.9 Å². The number of carbonyl (C=O) groups is 1. The number of hydrogen-bond donors (Lipinski definition) is 1. The molecule has 9 heteroatoms. The van der Waals surface area contributed by atoms with Crippen molar-refractivity contribution in [1.82, 2.24) is 19.0 Å². The first kappa shape index (κ1) is 17.5. The molecule has 0 aliphatic carbocycles. The fourth-order valence-electron chi connectivity index (χ4n) is 3.31. The molecule has 136 valence electrons. The SMILES string of the molecule is CC1c2cccn2CCN1C(=O)CC(O)(c1nccn1C)C(F)(F)F. The molecular formula is C16H19F3N4O2. The number of nitrogens with zero attached hydrogens (tertiary/aromatic N) is 4. The van der Waals surface area contributed by atoms with Crippen molar-refractivity contribution in [3.8, 4) is 0 Å². The van der Waals surface area contributed by atoms with Crippen molar-refractivity contribution in [3.05, 3.63) is 42.2 Å². The molecule has 2 aromatic rings. The molecule has 6 nitrogen and oxygen atoms in total. The van der Waals surface area contributed by atoms with E-state index in [1.807, 2.05) is 22.9 Å². The number of imidazole rings is 1. The number of aromatic nitrogens is 3. The Balaban J connectivity index is 1.89. The number of rotatable bonds is 3. The van der Waals surface area contributed by atoms with Gasteiger partial charge in [-0.25, -0.2) is 4.98 Å². The second-order valence-electron chi connectivity index (χ2n) is 6.29. The number of aliphatic hydroxyl groups is 1. The van der Waals surface area contributed by atoms with Crippen molar-refractivity contribution in [3.63, 3.8) is 0 Å². The molecule has 25 heavy (non-hydrogen) atoms. The van der Waals surface area contributed by atoms with E-state index in [0.29, 0.717) is 6.54 Å². The van der Waals surface area contributed by atoms with E-state index in [1.54, 1.807) is 6.92 Å². The Morgan fingerprint density at radius 2 is 2.08 bits per heavy atom. The lowest BCUT2D eigenvalue weighted by Crippen LogP contribution is -2.50. The zero-order chi connectivity index (χ0) is 18.4. The number of halogens is 3. The Labute approximate surface area is 142 Å². The summed E-state index contributed by atoms with van der Waals surface area (Å²) < 4.78 is 43.8. The summed E-state index contributed by atoms with van der Waals surface area (Å²) in [5, 5.41) is 10.4. The molecule has 0 aromatic carbocycles. The summed E-state index contributed by atoms with van der Waals surface area (Å²) in [4.78, 5) is 17.6. The summed E-state index contributed by atoms with van der Waals surface area (Å²) in [5.74, 6) is -1.36. The minimum absolute atomic E-state index is 0.288. The van der Waals surface area contributed by atoms with Crippen LogP contribution in [0, 0.1) is 0 Å². The Morgan fingerprint density at radius 1 is 1.36 bits per heavy atom. The number of amides is 1. The molecule has 0 fully saturated rings. The highest BCUT2D eigenvalue weighted by Crippen LogP contribution is 2.41. The molecule has 1 amide bonds. The van der Waals surface area contributed by atoms with Crippen LogP contribution in [-0.4, -0.2) is 42.8 Å². The van der Waals surface area contributed by atoms with Gasteiger partial charge in [0.05, 0.1) is 12.5 Å². The van der Waals surface area contributed by atoms with Crippen LogP contribution in [0.25, 0.3) is 0 Å². The van der Waals surface area contributed by atoms with E-state index >= 15 is 0 Å². The number of hydrogen-bond acceptors (Lipinski definition) is 3. The molecule has 0 spiro atoms. The Kier molecular flexibility index (Phi) is 4.14. The van der Waals surface area contributed by atoms with Gasteiger partial charge in [0, 0.05) is 44.4 Å². The van der Waals surface area contributed by atoms with Crippen molar-refractivity contribution in [2.45, 2.75) is 37.7 Å². The van der Waals surface area contributed by atoms with Gasteiger partial charge in [-0.05, 0) is 19.1 Å². The van der Waals surface area contributed by atoms with Gasteiger partial charge in [0.15, 0.2) is 5.82 Å². The third kappa shape index (κ3) is 2.82. The summed E-state index contributed by atoms with van der Waals surface area (Å²) in [6.45, 7) is 2.55. The molecule has 0 radical (unpaired) electrons. The molecule has 1 N–H and O–H groups in total. The van der Waals surface area contributed by atoms with Crippen LogP contribution in [-0.2, 0) is 24.0 Å². The molecule has 1 aliphatic rings. The van der Waals surface area contributed by atoms with E-state index in [2.05, 4.69) is 4.98 Å². The number of alkyl halides is 3. The van der Waals surface area contributed by atoms with Crippen LogP contribution >= 0.6 is 0 Å². The van der Waals surface area contributed by atoms with Gasteiger partial charge in [-0.2, -0.15) is 13.2 Å². The summed E-state index contributed by atoms with van der Waals surface area (Å²) in [6, 6.07) is 3.30. The van der Waals surface area contributed by atoms with Crippen LogP contribution in [0.1, 0.15) is 30.9 Å². The average molecular weight is 356 g/mol. The molecule has 2 atom stereocenters. The fourth-order valence-corrected chi connectivity index (χ4v) is 3.31. The summed E-state index contributed by atoms with van der Waals surface area (Å²) in [7, 11) is 1.35. The van der Waals surface area contributed by atoms with Gasteiger partial charge in [-0.1, -0.05) is 0 Å². The first-order chi connectivity index (χ1) is 11.6. The zero-order valence-corrected chi connectivity index (χ0v) is 13.9. The van der Waals surface area contributed by atoms with Gasteiger partial charge in [-0.15, -0.1) is 0 Å². The third-order valence-corrected chi connectivity index (χ3v) is 4.73. The second-order valence-corrected chi connectivity index (χ2v) is 6.29. The van der Waals surface area contributed by atoms with Crippen molar-refractivity contribution in [2.24, 2.45) is 7.05 Å². The Hall–Kier alpha value is -2.29. The molecule has 0 saturated heterocycles. The van der Waals surface area contributed by atoms with Gasteiger partial charge < -0.3 is 19.1 Å². The van der Waals surface area contributed by atoms with Crippen molar-refractivity contribution >= 4 is 5.91 Å². The van der Waals surface area contributed by atoms with Gasteiger partial charge in [-0.3, -0.25) is 4.79 Å². The van der Waals surface area contributed by atoms with Crippen LogP contribution in [0.15, 0.2) is 30.7 Å². The smallest absolute Gasteiger partial charge is 0.374 e. The standard InChI is InChI=1S/C16H19F3N4O2/c1-11-12-4-3-6-22(12)8-9-23(11)13(24)10-15(25,16(17,18)19)14-20-5-7-21(14)2/h3-7,11,25H,8-10H2,1-2H3. The first-order valence-corrected chi connectivity index (χ1v) is 7.86. The summed E-state index contributed by atoms with van der Waals surface area (Å²) >= 11 is 0. The van der Waals surface area contributed by atoms with Crippen LogP contribution in [0.2, 0.25) is 0 Å². The largest absolute Gasteiger partial charge is 0.425 e. The van der Waals surface area contributed by atoms with Crippen molar-refractivity contribution in [1.29, 1.82) is 0 Å². The predicted octanol–water partition coefficient (Wildman–Crippen LogP) is 1.96. The van der Waals surface area contributed by atoms with Gasteiger partial charge in [0.2, 0.25) is 11.5 Å². The number of fused-ring (bicyclic) bond motifs is 1. The maximum atomic E-state index is 13.6. The van der Waals surface area contributed by atoms with E-state index in [9.17, 15) is 23.1 Å². The van der Waals surface area contributed by atoms with Gasteiger partial charge >= 0.3 is 6.18 Å². The number of carbonyl (C=O) groups excluding carboxylic acids is 1. The maximum absolute atomic E-state index is 13.6. The molecule has 3 heterocycles. The summed E-state index contributed by atoms with van der Waals surface area (Å²) in [5.41, 5.74) is -2.48. The van der Waals surface area contributed by atoms with Crippen LogP contribution in [0.3, 0.4) is 0 Å². The first-order valence-electron chi connectivity index (χ1n) is 7.86. The highest BCUT2D eigenvalue weighted by Gasteiger charge is 2.59. The van der Waals surface area contributed by atoms with E-state index in [-0.39, 0.29) is 12.6 Å². The van der Waals surface area contributed by atoms with Crippen molar-refractivity contribution < 1.29 is 23.1 Å². The van der Waals surface area contributed by atoms with E-state index in [0.717, 1.165) is 16.5 Å². The second kappa shape index (κ2) is 5.91. The summed E-state index contributed by atoms with van der Waals surface area (Å²) in [6.07, 6.45) is -1.80. The van der Waals surface area contributed by atoms with E-state index in [4.69, 9.17) is 0 Å². The molecule has 2 unspecified atom stereocenters. The monoisotopic (exact) mass is 356 g/mol. The lowest BCUT2D eigenvalue weighted by molar-refractivity contribution is -0.272. The Morgan fingerprint density at radius 3 is 2.68 bits per heavy atom. The molecule has 0 bridgehead atoms. The zero-order valence-electron chi connectivity index (χ0n) is 13.9. The lowest BCUT2D eigenvalue weighted by atomic mass is 9.96. The highest BCUT2D eigenvalue weighted by atomic mass is 19.4. The third-order valence-electron chi connectivity index (χ3n) is 4.73. The Bertz CT molecular complexity index is 782. The molecular weight excluding hydrogens is 337 g/mol. The lowest BCUT2D eigenvalue weighted by Gasteiger charge is -2.37. The quantitative estimate of drug-likeness (QED) is 0.915. The molecule has 0 saturated carbocycles. The molecule has 2 aromatic heterocycles. The highest BCUT2D eigenvalue weighted by molar-refractivity contribution is 5.78. The van der Waals surface area contributed by atoms with Crippen LogP contribution in [0.5, 0.6) is 0 Å². The minimum Gasteiger partial charge on any atom is -0.374 e. The van der Waals surface area contributed by atoms with Gasteiger partial charge in [0.25, 0.3) is 0 Å². The maximum Gasteiger partial charge on any atom is 0.425 e. The predicted molar refractivity (Wildman–Crippen MR) is 82.3 cm³/mol. The number of aryl methyl sites for hydroxylation is 1. The molecule has 1 aliphatic heterocycles. The molecule has 3 rings (SSSR count). The van der Waals surface area contributed by atoms with Crippen molar-refractivity contribution in [2.75, 3.05) is 6.54 Å². The van der Waals surface area contributed by atoms with E-state index in [1.165, 1.54) is 18.1 Å². The van der Waals surface area contributed by atoms with Crippen LogP contribution in [0.4, 0.5) is 13.2 Å².